The van der Waals surface area contributed by atoms with Crippen molar-refractivity contribution in [2.45, 2.75) is 46.3 Å². The minimum absolute atomic E-state index is 0.398. The molecule has 0 spiro atoms. The van der Waals surface area contributed by atoms with E-state index in [4.69, 9.17) is 14.3 Å². The molecular formula is C18H21NO6. The van der Waals surface area contributed by atoms with E-state index in [0.717, 1.165) is 10.9 Å². The second kappa shape index (κ2) is 7.38. The van der Waals surface area contributed by atoms with E-state index >= 15 is 0 Å². The molecule has 0 fully saturated rings. The molecule has 0 aliphatic carbocycles. The molecule has 134 valence electrons. The SMILES string of the molecule is CCc1cc(=O)oc2c(C)c(O[C@H](C)C(=O)N[C@@H](C)C(=O)O)ccc12. The molecule has 1 aromatic heterocycles. The fraction of sp³-hybridized carbons (Fsp3) is 0.389. The summed E-state index contributed by atoms with van der Waals surface area (Å²) in [6, 6.07) is 3.94. The third-order valence-electron chi connectivity index (χ3n) is 3.98. The molecule has 1 aromatic carbocycles. The fourth-order valence-corrected chi connectivity index (χ4v) is 2.46. The minimum atomic E-state index is -1.13. The molecule has 2 N–H and O–H groups in total. The first-order valence-corrected chi connectivity index (χ1v) is 8.00. The van der Waals surface area contributed by atoms with E-state index in [1.807, 2.05) is 6.92 Å². The topological polar surface area (TPSA) is 106 Å². The first-order valence-electron chi connectivity index (χ1n) is 8.00. The zero-order valence-corrected chi connectivity index (χ0v) is 14.6. The van der Waals surface area contributed by atoms with Gasteiger partial charge >= 0.3 is 11.6 Å². The van der Waals surface area contributed by atoms with Crippen molar-refractivity contribution in [2.75, 3.05) is 0 Å². The van der Waals surface area contributed by atoms with Crippen LogP contribution in [0.25, 0.3) is 11.0 Å². The smallest absolute Gasteiger partial charge is 0.336 e. The van der Waals surface area contributed by atoms with Gasteiger partial charge in [0.2, 0.25) is 0 Å². The monoisotopic (exact) mass is 347 g/mol. The molecule has 0 aliphatic rings. The van der Waals surface area contributed by atoms with Crippen LogP contribution in [0.15, 0.2) is 27.4 Å². The van der Waals surface area contributed by atoms with Gasteiger partial charge in [-0.05, 0) is 44.9 Å². The molecule has 25 heavy (non-hydrogen) atoms. The summed E-state index contributed by atoms with van der Waals surface area (Å²) in [5.41, 5.74) is 1.47. The van der Waals surface area contributed by atoms with Gasteiger partial charge in [0.25, 0.3) is 5.91 Å². The molecule has 1 amide bonds. The number of rotatable bonds is 6. The second-order valence-corrected chi connectivity index (χ2v) is 5.84. The molecule has 0 saturated heterocycles. The summed E-state index contributed by atoms with van der Waals surface area (Å²) >= 11 is 0. The minimum Gasteiger partial charge on any atom is -0.480 e. The van der Waals surface area contributed by atoms with Gasteiger partial charge in [-0.1, -0.05) is 6.92 Å². The maximum absolute atomic E-state index is 12.0. The van der Waals surface area contributed by atoms with Crippen molar-refractivity contribution in [1.29, 1.82) is 0 Å². The van der Waals surface area contributed by atoms with Gasteiger partial charge in [-0.15, -0.1) is 0 Å². The normalized spacial score (nSPS) is 13.3. The highest BCUT2D eigenvalue weighted by Crippen LogP contribution is 2.29. The first kappa shape index (κ1) is 18.5. The number of fused-ring (bicyclic) bond motifs is 1. The summed E-state index contributed by atoms with van der Waals surface area (Å²) < 4.78 is 10.9. The Morgan fingerprint density at radius 3 is 2.60 bits per heavy atom. The Balaban J connectivity index is 2.30. The van der Waals surface area contributed by atoms with Crippen LogP contribution in [-0.2, 0) is 16.0 Å². The fourth-order valence-electron chi connectivity index (χ4n) is 2.46. The predicted octanol–water partition coefficient (Wildman–Crippen LogP) is 2.02. The van der Waals surface area contributed by atoms with Crippen LogP contribution in [-0.4, -0.2) is 29.1 Å². The van der Waals surface area contributed by atoms with Gasteiger partial charge in [-0.2, -0.15) is 0 Å². The van der Waals surface area contributed by atoms with Crippen LogP contribution in [0.5, 0.6) is 5.75 Å². The highest BCUT2D eigenvalue weighted by molar-refractivity contribution is 5.87. The largest absolute Gasteiger partial charge is 0.480 e. The summed E-state index contributed by atoms with van der Waals surface area (Å²) in [4.78, 5) is 34.5. The highest BCUT2D eigenvalue weighted by Gasteiger charge is 2.21. The Labute approximate surface area is 144 Å². The Kier molecular flexibility index (Phi) is 5.46. The lowest BCUT2D eigenvalue weighted by Gasteiger charge is -2.18. The number of amides is 1. The molecule has 1 heterocycles. The van der Waals surface area contributed by atoms with Crippen molar-refractivity contribution in [1.82, 2.24) is 5.32 Å². The summed E-state index contributed by atoms with van der Waals surface area (Å²) in [5.74, 6) is -1.27. The van der Waals surface area contributed by atoms with E-state index in [9.17, 15) is 14.4 Å². The molecule has 0 saturated carbocycles. The van der Waals surface area contributed by atoms with Gasteiger partial charge in [-0.25, -0.2) is 4.79 Å². The van der Waals surface area contributed by atoms with E-state index in [1.165, 1.54) is 19.9 Å². The van der Waals surface area contributed by atoms with Crippen molar-refractivity contribution in [2.24, 2.45) is 0 Å². The van der Waals surface area contributed by atoms with Crippen LogP contribution in [0.4, 0.5) is 0 Å². The maximum atomic E-state index is 12.0. The molecule has 0 aliphatic heterocycles. The predicted molar refractivity (Wildman–Crippen MR) is 91.9 cm³/mol. The average molecular weight is 347 g/mol. The van der Waals surface area contributed by atoms with Crippen molar-refractivity contribution < 1.29 is 23.8 Å². The molecular weight excluding hydrogens is 326 g/mol. The van der Waals surface area contributed by atoms with E-state index in [1.54, 1.807) is 19.1 Å². The summed E-state index contributed by atoms with van der Waals surface area (Å²) in [7, 11) is 0. The van der Waals surface area contributed by atoms with Crippen molar-refractivity contribution in [3.63, 3.8) is 0 Å². The number of carbonyl (C=O) groups excluding carboxylic acids is 1. The van der Waals surface area contributed by atoms with Crippen LogP contribution in [0, 0.1) is 6.92 Å². The van der Waals surface area contributed by atoms with Gasteiger partial charge < -0.3 is 19.6 Å². The van der Waals surface area contributed by atoms with Gasteiger partial charge in [0.15, 0.2) is 6.10 Å². The molecule has 2 atom stereocenters. The molecule has 2 aromatic rings. The number of aryl methyl sites for hydroxylation is 2. The maximum Gasteiger partial charge on any atom is 0.336 e. The third kappa shape index (κ3) is 3.99. The summed E-state index contributed by atoms with van der Waals surface area (Å²) in [6.07, 6.45) is -0.216. The molecule has 7 heteroatoms. The Bertz CT molecular complexity index is 870. The van der Waals surface area contributed by atoms with Crippen LogP contribution in [0.1, 0.15) is 31.9 Å². The standard InChI is InChI=1S/C18H21NO6/c1-5-12-8-15(20)25-16-9(2)14(7-6-13(12)16)24-11(4)17(21)19-10(3)18(22)23/h6-8,10-11H,5H2,1-4H3,(H,19,21)(H,22,23)/t10-,11+/m0/s1. The zero-order chi connectivity index (χ0) is 18.7. The molecule has 0 radical (unpaired) electrons. The molecule has 0 bridgehead atoms. The summed E-state index contributed by atoms with van der Waals surface area (Å²) in [5, 5.41) is 12.0. The van der Waals surface area contributed by atoms with Crippen LogP contribution >= 0.6 is 0 Å². The number of hydrogen-bond donors (Lipinski definition) is 2. The van der Waals surface area contributed by atoms with E-state index in [-0.39, 0.29) is 0 Å². The number of carbonyl (C=O) groups is 2. The van der Waals surface area contributed by atoms with Gasteiger partial charge in [0, 0.05) is 17.0 Å². The highest BCUT2D eigenvalue weighted by atomic mass is 16.5. The number of carboxylic acid groups (broad SMARTS) is 1. The Hall–Kier alpha value is -2.83. The van der Waals surface area contributed by atoms with Gasteiger partial charge in [-0.3, -0.25) is 9.59 Å². The van der Waals surface area contributed by atoms with Crippen molar-refractivity contribution >= 4 is 22.8 Å². The quantitative estimate of drug-likeness (QED) is 0.775. The van der Waals surface area contributed by atoms with Gasteiger partial charge in [0.05, 0.1) is 0 Å². The number of carboxylic acids is 1. The first-order chi connectivity index (χ1) is 11.7. The number of ether oxygens (including phenoxy) is 1. The van der Waals surface area contributed by atoms with E-state index < -0.39 is 29.6 Å². The van der Waals surface area contributed by atoms with E-state index in [0.29, 0.717) is 23.3 Å². The lowest BCUT2D eigenvalue weighted by atomic mass is 10.0. The van der Waals surface area contributed by atoms with Crippen molar-refractivity contribution in [3.05, 3.63) is 39.7 Å². The molecule has 2 rings (SSSR count). The van der Waals surface area contributed by atoms with Crippen molar-refractivity contribution in [3.8, 4) is 5.75 Å². The second-order valence-electron chi connectivity index (χ2n) is 5.84. The van der Waals surface area contributed by atoms with Crippen LogP contribution < -0.4 is 15.7 Å². The van der Waals surface area contributed by atoms with Gasteiger partial charge in [0.1, 0.15) is 17.4 Å². The van der Waals surface area contributed by atoms with Crippen LogP contribution in [0.2, 0.25) is 0 Å². The third-order valence-corrected chi connectivity index (χ3v) is 3.98. The molecule has 7 nitrogen and oxygen atoms in total. The lowest BCUT2D eigenvalue weighted by Crippen LogP contribution is -2.44. The molecule has 0 unspecified atom stereocenters. The summed E-state index contributed by atoms with van der Waals surface area (Å²) in [6.45, 7) is 6.58. The van der Waals surface area contributed by atoms with E-state index in [2.05, 4.69) is 5.32 Å². The lowest BCUT2D eigenvalue weighted by molar-refractivity contribution is -0.142. The Morgan fingerprint density at radius 1 is 1.32 bits per heavy atom. The number of aliphatic carboxylic acids is 1. The number of benzene rings is 1. The van der Waals surface area contributed by atoms with Crippen LogP contribution in [0.3, 0.4) is 0 Å². The number of nitrogens with one attached hydrogen (secondary N) is 1. The number of hydrogen-bond acceptors (Lipinski definition) is 5. The average Bonchev–Trinajstić information content (AvgIpc) is 2.56. The Morgan fingerprint density at radius 2 is 2.00 bits per heavy atom. The zero-order valence-electron chi connectivity index (χ0n) is 14.6.